The topological polar surface area (TPSA) is 60.8 Å². The molecule has 0 radical (unpaired) electrons. The van der Waals surface area contributed by atoms with Gasteiger partial charge in [0.25, 0.3) is 5.91 Å². The first-order chi connectivity index (χ1) is 8.61. The number of hydrogen-bond acceptors (Lipinski definition) is 3. The summed E-state index contributed by atoms with van der Waals surface area (Å²) in [5.41, 5.74) is 0.328. The predicted octanol–water partition coefficient (Wildman–Crippen LogP) is 2.00. The van der Waals surface area contributed by atoms with Gasteiger partial charge in [0.05, 0.1) is 5.56 Å². The smallest absolute Gasteiger partial charge is 0.257 e. The number of aromatic hydroxyl groups is 1. The molecule has 2 N–H and O–H groups in total. The fourth-order valence-electron chi connectivity index (χ4n) is 2.29. The Hall–Kier alpha value is -1.07. The fraction of sp³-hybridized carbons (Fsp3) is 0.462. The van der Waals surface area contributed by atoms with E-state index in [-0.39, 0.29) is 18.3 Å². The molecule has 0 bridgehead atoms. The molecule has 1 amide bonds. The van der Waals surface area contributed by atoms with Gasteiger partial charge in [-0.15, -0.1) is 0 Å². The Bertz CT molecular complexity index is 450. The Morgan fingerprint density at radius 1 is 1.50 bits per heavy atom. The van der Waals surface area contributed by atoms with Crippen LogP contribution in [-0.4, -0.2) is 40.7 Å². The first-order valence-electron chi connectivity index (χ1n) is 6.00. The second kappa shape index (κ2) is 5.71. The average Bonchev–Trinajstić information content (AvgIpc) is 2.80. The number of amides is 1. The fourth-order valence-corrected chi connectivity index (χ4v) is 2.65. The number of phenols is 1. The quantitative estimate of drug-likeness (QED) is 0.897. The van der Waals surface area contributed by atoms with Crippen molar-refractivity contribution in [1.82, 2.24) is 4.90 Å². The zero-order chi connectivity index (χ0) is 13.1. The van der Waals surface area contributed by atoms with Gasteiger partial charge in [0.15, 0.2) is 0 Å². The molecule has 1 aliphatic heterocycles. The molecular formula is C13H16BrNO3. The van der Waals surface area contributed by atoms with Gasteiger partial charge in [0.1, 0.15) is 5.75 Å². The maximum Gasteiger partial charge on any atom is 0.257 e. The number of nitrogens with zero attached hydrogens (tertiary/aromatic N) is 1. The van der Waals surface area contributed by atoms with Crippen molar-refractivity contribution in [3.8, 4) is 5.75 Å². The van der Waals surface area contributed by atoms with Gasteiger partial charge >= 0.3 is 0 Å². The lowest BCUT2D eigenvalue weighted by Gasteiger charge is -2.17. The van der Waals surface area contributed by atoms with Crippen molar-refractivity contribution in [3.63, 3.8) is 0 Å². The van der Waals surface area contributed by atoms with Crippen LogP contribution in [0.1, 0.15) is 23.2 Å². The van der Waals surface area contributed by atoms with E-state index in [1.54, 1.807) is 17.0 Å². The van der Waals surface area contributed by atoms with Crippen LogP contribution >= 0.6 is 15.9 Å². The number of benzene rings is 1. The van der Waals surface area contributed by atoms with Crippen LogP contribution < -0.4 is 0 Å². The van der Waals surface area contributed by atoms with Gasteiger partial charge < -0.3 is 15.1 Å². The molecule has 1 aromatic rings. The number of rotatable bonds is 3. The molecule has 2 rings (SSSR count). The van der Waals surface area contributed by atoms with E-state index in [9.17, 15) is 9.90 Å². The summed E-state index contributed by atoms with van der Waals surface area (Å²) in [6, 6.07) is 4.85. The zero-order valence-electron chi connectivity index (χ0n) is 9.97. The molecule has 18 heavy (non-hydrogen) atoms. The first-order valence-corrected chi connectivity index (χ1v) is 6.79. The molecule has 0 saturated carbocycles. The number of likely N-dealkylation sites (tertiary alicyclic amines) is 1. The summed E-state index contributed by atoms with van der Waals surface area (Å²) in [6.45, 7) is 1.51. The molecule has 1 atom stereocenters. The van der Waals surface area contributed by atoms with Crippen LogP contribution in [0.2, 0.25) is 0 Å². The van der Waals surface area contributed by atoms with Crippen molar-refractivity contribution in [2.75, 3.05) is 19.7 Å². The second-order valence-electron chi connectivity index (χ2n) is 4.58. The number of hydrogen-bond donors (Lipinski definition) is 2. The first kappa shape index (κ1) is 13.4. The normalized spacial score (nSPS) is 19.2. The minimum absolute atomic E-state index is 0.00816. The molecule has 1 aromatic carbocycles. The zero-order valence-corrected chi connectivity index (χ0v) is 11.6. The highest BCUT2D eigenvalue weighted by atomic mass is 79.9. The molecule has 4 nitrogen and oxygen atoms in total. The van der Waals surface area contributed by atoms with Gasteiger partial charge in [0.2, 0.25) is 0 Å². The third kappa shape index (κ3) is 2.84. The van der Waals surface area contributed by atoms with Crippen molar-refractivity contribution in [2.45, 2.75) is 12.8 Å². The van der Waals surface area contributed by atoms with E-state index in [1.807, 2.05) is 0 Å². The SMILES string of the molecule is O=C(c1cc(Br)ccc1O)N1CCC(CCO)C1. The van der Waals surface area contributed by atoms with Crippen LogP contribution in [0.5, 0.6) is 5.75 Å². The molecule has 98 valence electrons. The summed E-state index contributed by atoms with van der Waals surface area (Å²) in [4.78, 5) is 14.0. The highest BCUT2D eigenvalue weighted by Gasteiger charge is 2.27. The number of carbonyl (C=O) groups is 1. The predicted molar refractivity (Wildman–Crippen MR) is 71.5 cm³/mol. The van der Waals surface area contributed by atoms with E-state index >= 15 is 0 Å². The maximum absolute atomic E-state index is 12.3. The molecule has 0 aromatic heterocycles. The molecule has 1 unspecified atom stereocenters. The number of halogens is 1. The van der Waals surface area contributed by atoms with Crippen molar-refractivity contribution in [2.24, 2.45) is 5.92 Å². The largest absolute Gasteiger partial charge is 0.507 e. The standard InChI is InChI=1S/C13H16BrNO3/c14-10-1-2-12(17)11(7-10)13(18)15-5-3-9(8-15)4-6-16/h1-2,7,9,16-17H,3-6,8H2. The Morgan fingerprint density at radius 3 is 3.00 bits per heavy atom. The van der Waals surface area contributed by atoms with Gasteiger partial charge in [-0.3, -0.25) is 4.79 Å². The van der Waals surface area contributed by atoms with Crippen molar-refractivity contribution in [1.29, 1.82) is 0 Å². The molecule has 5 heteroatoms. The lowest BCUT2D eigenvalue weighted by atomic mass is 10.1. The summed E-state index contributed by atoms with van der Waals surface area (Å²) in [5, 5.41) is 18.6. The van der Waals surface area contributed by atoms with E-state index < -0.39 is 0 Å². The molecule has 1 saturated heterocycles. The molecule has 0 aliphatic carbocycles. The highest BCUT2D eigenvalue weighted by molar-refractivity contribution is 9.10. The minimum atomic E-state index is -0.144. The van der Waals surface area contributed by atoms with Crippen LogP contribution in [0.25, 0.3) is 0 Å². The summed E-state index contributed by atoms with van der Waals surface area (Å²) in [6.07, 6.45) is 1.65. The van der Waals surface area contributed by atoms with Crippen molar-refractivity contribution in [3.05, 3.63) is 28.2 Å². The monoisotopic (exact) mass is 313 g/mol. The molecular weight excluding hydrogens is 298 g/mol. The molecule has 1 fully saturated rings. The third-order valence-electron chi connectivity index (χ3n) is 3.30. The van der Waals surface area contributed by atoms with E-state index in [4.69, 9.17) is 5.11 Å². The second-order valence-corrected chi connectivity index (χ2v) is 5.50. The van der Waals surface area contributed by atoms with Crippen LogP contribution in [-0.2, 0) is 0 Å². The molecule has 1 heterocycles. The van der Waals surface area contributed by atoms with E-state index in [1.165, 1.54) is 6.07 Å². The number of aliphatic hydroxyl groups is 1. The maximum atomic E-state index is 12.3. The van der Waals surface area contributed by atoms with E-state index in [0.29, 0.717) is 24.6 Å². The Balaban J connectivity index is 2.10. The van der Waals surface area contributed by atoms with Gasteiger partial charge in [0, 0.05) is 24.2 Å². The van der Waals surface area contributed by atoms with Gasteiger partial charge in [-0.2, -0.15) is 0 Å². The average molecular weight is 314 g/mol. The highest BCUT2D eigenvalue weighted by Crippen LogP contribution is 2.26. The Labute approximate surface area is 114 Å². The molecule has 0 spiro atoms. The van der Waals surface area contributed by atoms with Crippen molar-refractivity contribution >= 4 is 21.8 Å². The van der Waals surface area contributed by atoms with Crippen LogP contribution in [0, 0.1) is 5.92 Å². The van der Waals surface area contributed by atoms with E-state index in [0.717, 1.165) is 17.3 Å². The van der Waals surface area contributed by atoms with Crippen LogP contribution in [0.4, 0.5) is 0 Å². The summed E-state index contributed by atoms with van der Waals surface area (Å²) in [7, 11) is 0. The van der Waals surface area contributed by atoms with E-state index in [2.05, 4.69) is 15.9 Å². The molecule has 1 aliphatic rings. The summed E-state index contributed by atoms with van der Waals surface area (Å²) < 4.78 is 0.773. The van der Waals surface area contributed by atoms with Gasteiger partial charge in [-0.25, -0.2) is 0 Å². The summed E-state index contributed by atoms with van der Waals surface area (Å²) in [5.74, 6) is 0.233. The van der Waals surface area contributed by atoms with Gasteiger partial charge in [-0.05, 0) is 37.0 Å². The Kier molecular flexibility index (Phi) is 4.24. The lowest BCUT2D eigenvalue weighted by Crippen LogP contribution is -2.28. The lowest BCUT2D eigenvalue weighted by molar-refractivity contribution is 0.0781. The van der Waals surface area contributed by atoms with Crippen molar-refractivity contribution < 1.29 is 15.0 Å². The summed E-state index contributed by atoms with van der Waals surface area (Å²) >= 11 is 3.30. The van der Waals surface area contributed by atoms with Gasteiger partial charge in [-0.1, -0.05) is 15.9 Å². The number of carbonyl (C=O) groups excluding carboxylic acids is 1. The number of aliphatic hydroxyl groups excluding tert-OH is 1. The minimum Gasteiger partial charge on any atom is -0.507 e. The van der Waals surface area contributed by atoms with Crippen LogP contribution in [0.3, 0.4) is 0 Å². The van der Waals surface area contributed by atoms with Crippen LogP contribution in [0.15, 0.2) is 22.7 Å². The Morgan fingerprint density at radius 2 is 2.28 bits per heavy atom. The third-order valence-corrected chi connectivity index (χ3v) is 3.79. The number of phenolic OH excluding ortho intramolecular Hbond substituents is 1.